The summed E-state index contributed by atoms with van der Waals surface area (Å²) in [6.07, 6.45) is 11.6. The van der Waals surface area contributed by atoms with E-state index in [1.54, 1.807) is 19.1 Å². The van der Waals surface area contributed by atoms with Gasteiger partial charge in [0, 0.05) is 6.92 Å². The van der Waals surface area contributed by atoms with Crippen molar-refractivity contribution in [3.63, 3.8) is 0 Å². The lowest BCUT2D eigenvalue weighted by atomic mass is 10.1. The minimum atomic E-state index is -2.93. The van der Waals surface area contributed by atoms with Gasteiger partial charge in [0.15, 0.2) is 0 Å². The summed E-state index contributed by atoms with van der Waals surface area (Å²) < 4.78 is 26.0. The molecule has 2 N–H and O–H groups in total. The van der Waals surface area contributed by atoms with Crippen LogP contribution in [0.5, 0.6) is 0 Å². The van der Waals surface area contributed by atoms with Gasteiger partial charge in [-0.25, -0.2) is 8.78 Å². The molecule has 0 rings (SSSR count). The van der Waals surface area contributed by atoms with Crippen molar-refractivity contribution in [3.05, 3.63) is 71.8 Å². The van der Waals surface area contributed by atoms with Crippen molar-refractivity contribution in [2.45, 2.75) is 26.7 Å². The second-order valence-corrected chi connectivity index (χ2v) is 4.32. The molecule has 0 aliphatic carbocycles. The molecule has 0 aromatic heterocycles. The molecule has 0 aliphatic heterocycles. The van der Waals surface area contributed by atoms with E-state index in [9.17, 15) is 8.78 Å². The van der Waals surface area contributed by atoms with Crippen LogP contribution < -0.4 is 0 Å². The fourth-order valence-corrected chi connectivity index (χ4v) is 1.26. The highest BCUT2D eigenvalue weighted by molar-refractivity contribution is 5.39. The first kappa shape index (κ1) is 17.9. The lowest BCUT2D eigenvalue weighted by molar-refractivity contribution is 0.0770. The van der Waals surface area contributed by atoms with E-state index >= 15 is 0 Å². The van der Waals surface area contributed by atoms with E-state index in [0.717, 1.165) is 36.7 Å². The number of aliphatic hydroxyl groups is 2. The molecule has 4 heteroatoms. The maximum absolute atomic E-state index is 13.0. The Balaban J connectivity index is 5.28. The summed E-state index contributed by atoms with van der Waals surface area (Å²) in [6.45, 7) is 4.42. The third-order valence-corrected chi connectivity index (χ3v) is 2.38. The van der Waals surface area contributed by atoms with Gasteiger partial charge in [-0.2, -0.15) is 0 Å². The highest BCUT2D eigenvalue weighted by atomic mass is 19.3. The van der Waals surface area contributed by atoms with Crippen LogP contribution in [0.15, 0.2) is 71.8 Å². The summed E-state index contributed by atoms with van der Waals surface area (Å²) in [5, 5.41) is 17.2. The lowest BCUT2D eigenvalue weighted by Gasteiger charge is -2.05. The Bertz CT molecular complexity index is 473. The third kappa shape index (κ3) is 8.91. The Morgan fingerprint density at radius 1 is 0.850 bits per heavy atom. The van der Waals surface area contributed by atoms with Crippen LogP contribution in [0.4, 0.5) is 8.78 Å². The van der Waals surface area contributed by atoms with E-state index in [4.69, 9.17) is 10.2 Å². The highest BCUT2D eigenvalue weighted by Crippen LogP contribution is 2.18. The number of allylic oxidation sites excluding steroid dienone is 10. The Hall–Kier alpha value is -2.10. The van der Waals surface area contributed by atoms with Crippen molar-refractivity contribution in [1.82, 2.24) is 0 Å². The van der Waals surface area contributed by atoms with E-state index in [0.29, 0.717) is 5.57 Å². The maximum Gasteiger partial charge on any atom is 0.264 e. The number of hydrogen-bond acceptors (Lipinski definition) is 2. The van der Waals surface area contributed by atoms with Crippen molar-refractivity contribution in [2.75, 3.05) is 0 Å². The lowest BCUT2D eigenvalue weighted by Crippen LogP contribution is -2.04. The summed E-state index contributed by atoms with van der Waals surface area (Å²) in [4.78, 5) is 0. The normalized spacial score (nSPS) is 15.9. The summed E-state index contributed by atoms with van der Waals surface area (Å²) in [7, 11) is 0. The monoisotopic (exact) mass is 282 g/mol. The highest BCUT2D eigenvalue weighted by Gasteiger charge is 2.16. The van der Waals surface area contributed by atoms with Crippen LogP contribution in [0.25, 0.3) is 0 Å². The van der Waals surface area contributed by atoms with Crippen LogP contribution in [0.2, 0.25) is 0 Å². The zero-order valence-corrected chi connectivity index (χ0v) is 11.8. The van der Waals surface area contributed by atoms with Crippen LogP contribution in [0.3, 0.4) is 0 Å². The topological polar surface area (TPSA) is 40.5 Å². The quantitative estimate of drug-likeness (QED) is 0.522. The molecule has 0 heterocycles. The number of hydrogen-bond donors (Lipinski definition) is 2. The Morgan fingerprint density at radius 2 is 1.45 bits per heavy atom. The molecule has 110 valence electrons. The molecule has 0 amide bonds. The first-order valence-corrected chi connectivity index (χ1v) is 6.04. The van der Waals surface area contributed by atoms with Gasteiger partial charge in [-0.05, 0) is 48.8 Å². The standard InChI is InChI=1S/C16H20F2O2/c1-13(14(2)9-11-20)7-8-15(6-4-5-10-19)12-16(3,17)18/h4-12,19-20H,1-3H3/b6-4-,8-7-,10-5+,11-9+,14-13-,15-12+. The number of alkyl halides is 2. The van der Waals surface area contributed by atoms with E-state index < -0.39 is 5.92 Å². The molecular weight excluding hydrogens is 262 g/mol. The van der Waals surface area contributed by atoms with Gasteiger partial charge >= 0.3 is 0 Å². The Morgan fingerprint density at radius 3 is 1.95 bits per heavy atom. The molecule has 0 atom stereocenters. The molecule has 0 spiro atoms. The average molecular weight is 282 g/mol. The van der Waals surface area contributed by atoms with Crippen LogP contribution >= 0.6 is 0 Å². The van der Waals surface area contributed by atoms with Gasteiger partial charge in [0.05, 0.1) is 12.5 Å². The molecule has 0 aromatic rings. The van der Waals surface area contributed by atoms with Crippen LogP contribution in [-0.4, -0.2) is 16.1 Å². The molecule has 20 heavy (non-hydrogen) atoms. The molecule has 2 nitrogen and oxygen atoms in total. The summed E-state index contributed by atoms with van der Waals surface area (Å²) in [5.74, 6) is -2.93. The van der Waals surface area contributed by atoms with Crippen molar-refractivity contribution in [1.29, 1.82) is 0 Å². The SMILES string of the molecule is CC(/C=C\C(\C=C/C=C/O)=C\C(C)(F)F)=C(C)/C=C/O. The molecule has 0 saturated carbocycles. The second kappa shape index (κ2) is 8.91. The fourth-order valence-electron chi connectivity index (χ4n) is 1.26. The zero-order valence-electron chi connectivity index (χ0n) is 11.8. The number of aliphatic hydroxyl groups excluding tert-OH is 2. The molecule has 0 saturated heterocycles. The average Bonchev–Trinajstić information content (AvgIpc) is 2.34. The fraction of sp³-hybridized carbons (Fsp3) is 0.250. The Labute approximate surface area is 118 Å². The minimum Gasteiger partial charge on any atom is -0.516 e. The van der Waals surface area contributed by atoms with E-state index in [1.165, 1.54) is 24.3 Å². The van der Waals surface area contributed by atoms with Crippen LogP contribution in [0.1, 0.15) is 20.8 Å². The van der Waals surface area contributed by atoms with E-state index in [1.807, 2.05) is 6.92 Å². The molecular formula is C16H20F2O2. The largest absolute Gasteiger partial charge is 0.516 e. The maximum atomic E-state index is 13.0. The van der Waals surface area contributed by atoms with Gasteiger partial charge in [-0.15, -0.1) is 0 Å². The number of halogens is 2. The molecule has 0 aromatic carbocycles. The van der Waals surface area contributed by atoms with Crippen LogP contribution in [0, 0.1) is 0 Å². The zero-order chi connectivity index (χ0) is 15.6. The van der Waals surface area contributed by atoms with Gasteiger partial charge < -0.3 is 10.2 Å². The molecule has 0 unspecified atom stereocenters. The first-order chi connectivity index (χ1) is 9.30. The van der Waals surface area contributed by atoms with Crippen molar-refractivity contribution in [3.8, 4) is 0 Å². The van der Waals surface area contributed by atoms with Gasteiger partial charge in [-0.1, -0.05) is 24.3 Å². The van der Waals surface area contributed by atoms with Gasteiger partial charge in [-0.3, -0.25) is 0 Å². The predicted molar refractivity (Wildman–Crippen MR) is 78.9 cm³/mol. The minimum absolute atomic E-state index is 0.315. The van der Waals surface area contributed by atoms with Gasteiger partial charge in [0.25, 0.3) is 5.92 Å². The summed E-state index contributed by atoms with van der Waals surface area (Å²) >= 11 is 0. The molecule has 0 bridgehead atoms. The second-order valence-electron chi connectivity index (χ2n) is 4.32. The van der Waals surface area contributed by atoms with Crippen molar-refractivity contribution < 1.29 is 19.0 Å². The van der Waals surface area contributed by atoms with Crippen LogP contribution in [-0.2, 0) is 0 Å². The van der Waals surface area contributed by atoms with Gasteiger partial charge in [0.2, 0.25) is 0 Å². The van der Waals surface area contributed by atoms with E-state index in [2.05, 4.69) is 0 Å². The van der Waals surface area contributed by atoms with Gasteiger partial charge in [0.1, 0.15) is 0 Å². The van der Waals surface area contributed by atoms with Crippen molar-refractivity contribution in [2.24, 2.45) is 0 Å². The summed E-state index contributed by atoms with van der Waals surface area (Å²) in [6, 6.07) is 0. The van der Waals surface area contributed by atoms with Crippen molar-refractivity contribution >= 4 is 0 Å². The molecule has 0 aliphatic rings. The first-order valence-electron chi connectivity index (χ1n) is 6.04. The predicted octanol–water partition coefficient (Wildman–Crippen LogP) is 5.16. The molecule has 0 fully saturated rings. The summed E-state index contributed by atoms with van der Waals surface area (Å²) in [5.41, 5.74) is 1.98. The molecule has 0 radical (unpaired) electrons. The smallest absolute Gasteiger partial charge is 0.264 e. The number of rotatable bonds is 6. The third-order valence-electron chi connectivity index (χ3n) is 2.38. The van der Waals surface area contributed by atoms with E-state index in [-0.39, 0.29) is 0 Å². The Kier molecular flexibility index (Phi) is 7.97.